The zero-order valence-electron chi connectivity index (χ0n) is 27.1. The van der Waals surface area contributed by atoms with Crippen molar-refractivity contribution in [1.29, 1.82) is 0 Å². The van der Waals surface area contributed by atoms with Gasteiger partial charge in [0.1, 0.15) is 17.3 Å². The van der Waals surface area contributed by atoms with E-state index in [1.165, 1.54) is 22.7 Å². The third kappa shape index (κ3) is 7.99. The number of nitrogens with zero attached hydrogens (tertiary/aromatic N) is 3. The first-order valence-electron chi connectivity index (χ1n) is 16.0. The summed E-state index contributed by atoms with van der Waals surface area (Å²) in [4.78, 5) is 28.8. The summed E-state index contributed by atoms with van der Waals surface area (Å²) in [7, 11) is 0. The molecule has 1 unspecified atom stereocenters. The summed E-state index contributed by atoms with van der Waals surface area (Å²) in [5, 5.41) is 20.3. The number of unbranched alkanes of at least 4 members (excludes halogenated alkanes) is 2. The minimum atomic E-state index is -1.05. The lowest BCUT2D eigenvalue weighted by atomic mass is 9.95. The molecule has 1 saturated heterocycles. The van der Waals surface area contributed by atoms with Gasteiger partial charge in [-0.25, -0.2) is 4.39 Å². The van der Waals surface area contributed by atoms with Crippen LogP contribution in [0.5, 0.6) is 17.2 Å². The van der Waals surface area contributed by atoms with E-state index in [0.717, 1.165) is 37.0 Å². The number of carbonyl (C=O) groups excluding carboxylic acids is 2. The number of carbonyl (C=O) groups is 2. The Morgan fingerprint density at radius 3 is 2.35 bits per heavy atom. The number of rotatable bonds is 16. The van der Waals surface area contributed by atoms with Crippen molar-refractivity contribution >= 4 is 45.7 Å². The van der Waals surface area contributed by atoms with Crippen LogP contribution in [0.25, 0.3) is 5.76 Å². The quantitative estimate of drug-likeness (QED) is 0.0310. The monoisotopic (exact) mass is 691 g/mol. The molecule has 4 aromatic rings. The van der Waals surface area contributed by atoms with Gasteiger partial charge in [0.15, 0.2) is 15.8 Å². The third-order valence-electron chi connectivity index (χ3n) is 7.59. The van der Waals surface area contributed by atoms with Crippen molar-refractivity contribution in [3.8, 4) is 17.2 Å². The van der Waals surface area contributed by atoms with Gasteiger partial charge in [0.25, 0.3) is 5.78 Å². The molecule has 1 N–H and O–H groups in total. The molecule has 3 aromatic carbocycles. The second kappa shape index (κ2) is 16.6. The lowest BCUT2D eigenvalue weighted by Gasteiger charge is -2.23. The van der Waals surface area contributed by atoms with Crippen LogP contribution in [-0.2, 0) is 15.3 Å². The minimum Gasteiger partial charge on any atom is -0.507 e. The fourth-order valence-electron chi connectivity index (χ4n) is 5.07. The van der Waals surface area contributed by atoms with E-state index >= 15 is 0 Å². The maximum Gasteiger partial charge on any atom is 0.301 e. The second-order valence-electron chi connectivity index (χ2n) is 11.0. The summed E-state index contributed by atoms with van der Waals surface area (Å²) >= 11 is 2.38. The van der Waals surface area contributed by atoms with Crippen LogP contribution in [0, 0.1) is 5.82 Å². The molecule has 0 bridgehead atoms. The van der Waals surface area contributed by atoms with Gasteiger partial charge < -0.3 is 19.3 Å². The van der Waals surface area contributed by atoms with Crippen LogP contribution in [-0.4, -0.2) is 46.8 Å². The molecule has 1 aliphatic rings. The number of aromatic nitrogens is 2. The Morgan fingerprint density at radius 2 is 1.65 bits per heavy atom. The van der Waals surface area contributed by atoms with Crippen molar-refractivity contribution in [2.45, 2.75) is 62.6 Å². The molecule has 2 heterocycles. The van der Waals surface area contributed by atoms with Crippen LogP contribution in [0.3, 0.4) is 0 Å². The highest BCUT2D eigenvalue weighted by Crippen LogP contribution is 2.46. The lowest BCUT2D eigenvalue weighted by Crippen LogP contribution is -2.29. The molecule has 5 rings (SSSR count). The van der Waals surface area contributed by atoms with E-state index in [4.69, 9.17) is 14.2 Å². The van der Waals surface area contributed by atoms with Crippen LogP contribution in [0.1, 0.15) is 69.2 Å². The number of amides is 1. The fraction of sp³-hybridized carbons (Fsp3) is 0.333. The number of thioether (sulfide) groups is 1. The third-order valence-corrected chi connectivity index (χ3v) is 9.69. The van der Waals surface area contributed by atoms with Crippen LogP contribution < -0.4 is 19.1 Å². The van der Waals surface area contributed by atoms with Crippen LogP contribution in [0.15, 0.2) is 76.6 Å². The molecule has 1 amide bonds. The second-order valence-corrected chi connectivity index (χ2v) is 13.1. The number of hydrogen-bond acceptors (Lipinski definition) is 10. The fourth-order valence-corrected chi connectivity index (χ4v) is 6.92. The van der Waals surface area contributed by atoms with Crippen molar-refractivity contribution in [2.24, 2.45) is 0 Å². The Hall–Kier alpha value is -4.42. The highest BCUT2D eigenvalue weighted by molar-refractivity contribution is 8.00. The summed E-state index contributed by atoms with van der Waals surface area (Å²) in [6.45, 7) is 7.43. The Balaban J connectivity index is 1.54. The number of aliphatic hydroxyl groups excluding tert-OH is 1. The summed E-state index contributed by atoms with van der Waals surface area (Å²) in [6, 6.07) is 17.4. The maximum absolute atomic E-state index is 14.2. The number of ketones is 1. The highest BCUT2D eigenvalue weighted by atomic mass is 32.2. The number of Topliss-reactive ketones (excluding diaryl/α,β-unsaturated/α-hetero) is 1. The molecule has 252 valence electrons. The van der Waals surface area contributed by atoms with E-state index in [1.54, 1.807) is 60.7 Å². The summed E-state index contributed by atoms with van der Waals surface area (Å²) in [6.07, 6.45) is 3.73. The normalized spacial score (nSPS) is 15.6. The van der Waals surface area contributed by atoms with Crippen LogP contribution >= 0.6 is 23.1 Å². The highest BCUT2D eigenvalue weighted by Gasteiger charge is 2.48. The van der Waals surface area contributed by atoms with Crippen molar-refractivity contribution in [3.63, 3.8) is 0 Å². The Morgan fingerprint density at radius 1 is 0.917 bits per heavy atom. The summed E-state index contributed by atoms with van der Waals surface area (Å²) < 4.78 is 32.4. The first-order valence-corrected chi connectivity index (χ1v) is 17.8. The van der Waals surface area contributed by atoms with Crippen molar-refractivity contribution in [2.75, 3.05) is 24.7 Å². The predicted molar refractivity (Wildman–Crippen MR) is 186 cm³/mol. The molecular weight excluding hydrogens is 654 g/mol. The first-order chi connectivity index (χ1) is 23.4. The smallest absolute Gasteiger partial charge is 0.301 e. The van der Waals surface area contributed by atoms with E-state index < -0.39 is 17.7 Å². The topological polar surface area (TPSA) is 111 Å². The number of aliphatic hydroxyl groups is 1. The number of benzene rings is 3. The molecule has 48 heavy (non-hydrogen) atoms. The van der Waals surface area contributed by atoms with Gasteiger partial charge in [-0.2, -0.15) is 0 Å². The van der Waals surface area contributed by atoms with E-state index in [-0.39, 0.29) is 22.3 Å². The molecule has 1 fully saturated rings. The van der Waals surface area contributed by atoms with Gasteiger partial charge in [-0.3, -0.25) is 14.5 Å². The Labute approximate surface area is 287 Å². The average Bonchev–Trinajstić information content (AvgIpc) is 3.66. The molecule has 0 saturated carbocycles. The maximum atomic E-state index is 14.2. The van der Waals surface area contributed by atoms with Gasteiger partial charge in [0, 0.05) is 11.3 Å². The zero-order chi connectivity index (χ0) is 34.0. The first kappa shape index (κ1) is 34.9. The molecule has 0 radical (unpaired) electrons. The molecular formula is C36H38FN3O6S2. The Bertz CT molecular complexity index is 1760. The molecule has 9 nitrogen and oxygen atoms in total. The largest absolute Gasteiger partial charge is 0.507 e. The van der Waals surface area contributed by atoms with E-state index in [0.29, 0.717) is 63.9 Å². The number of ether oxygens (including phenoxy) is 3. The van der Waals surface area contributed by atoms with Crippen LogP contribution in [0.4, 0.5) is 9.52 Å². The zero-order valence-corrected chi connectivity index (χ0v) is 28.7. The molecule has 12 heteroatoms. The van der Waals surface area contributed by atoms with E-state index in [9.17, 15) is 19.1 Å². The molecule has 1 aromatic heterocycles. The number of anilines is 1. The van der Waals surface area contributed by atoms with Gasteiger partial charge in [0.2, 0.25) is 5.13 Å². The van der Waals surface area contributed by atoms with Gasteiger partial charge in [-0.1, -0.05) is 74.1 Å². The van der Waals surface area contributed by atoms with Gasteiger partial charge in [0.05, 0.1) is 31.4 Å². The molecule has 1 aliphatic heterocycles. The summed E-state index contributed by atoms with van der Waals surface area (Å²) in [5.74, 6) is -0.461. The molecule has 1 atom stereocenters. The number of hydrogen-bond donors (Lipinski definition) is 1. The Kier molecular flexibility index (Phi) is 12.1. The van der Waals surface area contributed by atoms with Gasteiger partial charge in [-0.15, -0.1) is 10.2 Å². The standard InChI is InChI=1S/C36H38FN3O6S2/c1-4-7-19-45-26-16-13-23(14-17-26)32(41)30-31(24-15-18-28(46-20-8-5-2)29(21-24)44-6-3)40(34(43)33(30)42)35-38-39-36(48-35)47-22-25-11-9-10-12-27(25)37/h9-18,21,31,41H,4-8,19-20,22H2,1-3H3/b32-30+. The van der Waals surface area contributed by atoms with Crippen molar-refractivity contribution in [1.82, 2.24) is 10.2 Å². The van der Waals surface area contributed by atoms with E-state index in [1.807, 2.05) is 6.92 Å². The SMILES string of the molecule is CCCCOc1ccc(/C(O)=C2\C(=O)C(=O)N(c3nnc(SCc4ccccc4F)s3)C2c2ccc(OCCCC)c(OCC)c2)cc1. The van der Waals surface area contributed by atoms with Gasteiger partial charge in [-0.05, 0) is 73.4 Å². The lowest BCUT2D eigenvalue weighted by molar-refractivity contribution is -0.132. The molecule has 0 aliphatic carbocycles. The molecule has 0 spiro atoms. The van der Waals surface area contributed by atoms with Crippen molar-refractivity contribution < 1.29 is 33.3 Å². The predicted octanol–water partition coefficient (Wildman–Crippen LogP) is 8.35. The number of halogens is 1. The summed E-state index contributed by atoms with van der Waals surface area (Å²) in [5.41, 5.74) is 1.27. The van der Waals surface area contributed by atoms with Gasteiger partial charge >= 0.3 is 5.91 Å². The van der Waals surface area contributed by atoms with Crippen LogP contribution in [0.2, 0.25) is 0 Å². The minimum absolute atomic E-state index is 0.0995. The van der Waals surface area contributed by atoms with Crippen molar-refractivity contribution in [3.05, 3.63) is 94.8 Å². The average molecular weight is 692 g/mol. The van der Waals surface area contributed by atoms with E-state index in [2.05, 4.69) is 24.0 Å².